The van der Waals surface area contributed by atoms with Gasteiger partial charge in [0.05, 0.1) is 0 Å². The number of amides is 1. The Morgan fingerprint density at radius 3 is 2.62 bits per heavy atom. The molecule has 0 aromatic rings. The molecule has 1 amide bonds. The van der Waals surface area contributed by atoms with E-state index in [4.69, 9.17) is 5.11 Å². The number of carboxylic acid groups (broad SMARTS) is 1. The van der Waals surface area contributed by atoms with E-state index in [1.165, 1.54) is 23.1 Å². The van der Waals surface area contributed by atoms with Crippen LogP contribution in [-0.2, 0) is 14.4 Å². The second-order valence-electron chi connectivity index (χ2n) is 5.48. The quantitative estimate of drug-likeness (QED) is 0.844. The molecule has 2 rings (SSSR count). The van der Waals surface area contributed by atoms with Gasteiger partial charge in [0.25, 0.3) is 0 Å². The van der Waals surface area contributed by atoms with Crippen LogP contribution in [0, 0.1) is 5.92 Å². The Hall–Kier alpha value is -1.30. The normalized spacial score (nSPS) is 19.4. The van der Waals surface area contributed by atoms with Gasteiger partial charge in [-0.1, -0.05) is 37.1 Å². The zero-order chi connectivity index (χ0) is 15.2. The monoisotopic (exact) mass is 311 g/mol. The van der Waals surface area contributed by atoms with Crippen molar-refractivity contribution in [2.24, 2.45) is 5.92 Å². The van der Waals surface area contributed by atoms with E-state index in [1.54, 1.807) is 6.08 Å². The molecule has 0 unspecified atom stereocenters. The van der Waals surface area contributed by atoms with Gasteiger partial charge in [0, 0.05) is 24.6 Å². The lowest BCUT2D eigenvalue weighted by Gasteiger charge is -2.20. The largest absolute Gasteiger partial charge is 0.477 e. The van der Waals surface area contributed by atoms with Crippen molar-refractivity contribution >= 4 is 28.8 Å². The lowest BCUT2D eigenvalue weighted by molar-refractivity contribution is -0.139. The molecule has 2 aliphatic rings. The summed E-state index contributed by atoms with van der Waals surface area (Å²) >= 11 is 1.23. The van der Waals surface area contributed by atoms with Crippen LogP contribution in [0.15, 0.2) is 11.8 Å². The molecule has 1 aliphatic carbocycles. The molecule has 0 saturated heterocycles. The highest BCUT2D eigenvalue weighted by atomic mass is 32.2. The van der Waals surface area contributed by atoms with Gasteiger partial charge in [-0.05, 0) is 19.3 Å². The molecular formula is C15H21NO4S. The highest BCUT2D eigenvalue weighted by Crippen LogP contribution is 2.28. The molecule has 0 bridgehead atoms. The number of aliphatic carboxylic acids is 1. The molecule has 1 aliphatic heterocycles. The minimum Gasteiger partial charge on any atom is -0.477 e. The molecule has 0 aromatic heterocycles. The number of carboxylic acids is 1. The van der Waals surface area contributed by atoms with Crippen LogP contribution in [0.2, 0.25) is 0 Å². The average Bonchev–Trinajstić information content (AvgIpc) is 2.97. The third-order valence-electron chi connectivity index (χ3n) is 4.00. The van der Waals surface area contributed by atoms with E-state index in [2.05, 4.69) is 0 Å². The van der Waals surface area contributed by atoms with Crippen LogP contribution in [0.1, 0.15) is 44.9 Å². The predicted octanol–water partition coefficient (Wildman–Crippen LogP) is 2.42. The second kappa shape index (κ2) is 7.64. The van der Waals surface area contributed by atoms with Gasteiger partial charge in [-0.25, -0.2) is 4.79 Å². The van der Waals surface area contributed by atoms with Crippen LogP contribution in [0.3, 0.4) is 0 Å². The Bertz CT molecular complexity index is 455. The maximum absolute atomic E-state index is 12.0. The summed E-state index contributed by atoms with van der Waals surface area (Å²) in [5.41, 5.74) is 0.0728. The Labute approximate surface area is 128 Å². The topological polar surface area (TPSA) is 74.7 Å². The van der Waals surface area contributed by atoms with Gasteiger partial charge in [-0.2, -0.15) is 0 Å². The van der Waals surface area contributed by atoms with Gasteiger partial charge in [0.2, 0.25) is 5.91 Å². The smallest absolute Gasteiger partial charge is 0.352 e. The minimum absolute atomic E-state index is 0.0728. The summed E-state index contributed by atoms with van der Waals surface area (Å²) < 4.78 is 0. The summed E-state index contributed by atoms with van der Waals surface area (Å²) in [7, 11) is 0. The SMILES string of the molecule is O=C(O)C1=CCCN1C(=O)CCSC(=O)C1CCCCC1. The van der Waals surface area contributed by atoms with Crippen molar-refractivity contribution in [1.82, 2.24) is 4.90 Å². The first-order valence-corrected chi connectivity index (χ1v) is 8.48. The van der Waals surface area contributed by atoms with Crippen LogP contribution in [-0.4, -0.2) is 39.3 Å². The van der Waals surface area contributed by atoms with E-state index in [0.29, 0.717) is 18.7 Å². The second-order valence-corrected chi connectivity index (χ2v) is 6.58. The van der Waals surface area contributed by atoms with E-state index in [-0.39, 0.29) is 29.1 Å². The molecule has 0 aromatic carbocycles. The van der Waals surface area contributed by atoms with Crippen LogP contribution in [0.25, 0.3) is 0 Å². The first kappa shape index (κ1) is 16.1. The Kier molecular flexibility index (Phi) is 5.85. The third kappa shape index (κ3) is 4.33. The average molecular weight is 311 g/mol. The molecule has 6 heteroatoms. The van der Waals surface area contributed by atoms with E-state index >= 15 is 0 Å². The van der Waals surface area contributed by atoms with Crippen LogP contribution in [0.4, 0.5) is 0 Å². The molecule has 0 spiro atoms. The minimum atomic E-state index is -1.06. The number of carbonyl (C=O) groups excluding carboxylic acids is 2. The number of hydrogen-bond acceptors (Lipinski definition) is 4. The zero-order valence-electron chi connectivity index (χ0n) is 12.0. The van der Waals surface area contributed by atoms with Crippen LogP contribution >= 0.6 is 11.8 Å². The highest BCUT2D eigenvalue weighted by molar-refractivity contribution is 8.13. The maximum Gasteiger partial charge on any atom is 0.352 e. The van der Waals surface area contributed by atoms with Crippen molar-refractivity contribution in [2.45, 2.75) is 44.9 Å². The summed E-state index contributed by atoms with van der Waals surface area (Å²) in [5.74, 6) is -0.672. The fraction of sp³-hybridized carbons (Fsp3) is 0.667. The standard InChI is InChI=1S/C15H21NO4S/c17-13(16-9-4-7-12(16)14(18)19)8-10-21-15(20)11-5-2-1-3-6-11/h7,11H,1-6,8-10H2,(H,18,19). The lowest BCUT2D eigenvalue weighted by Crippen LogP contribution is -2.31. The van der Waals surface area contributed by atoms with Gasteiger partial charge in [-0.3, -0.25) is 9.59 Å². The summed E-state index contributed by atoms with van der Waals surface area (Å²) in [4.78, 5) is 36.3. The Balaban J connectivity index is 1.73. The van der Waals surface area contributed by atoms with E-state index in [0.717, 1.165) is 25.7 Å². The molecule has 21 heavy (non-hydrogen) atoms. The molecular weight excluding hydrogens is 290 g/mol. The van der Waals surface area contributed by atoms with Gasteiger partial charge in [-0.15, -0.1) is 0 Å². The van der Waals surface area contributed by atoms with Crippen molar-refractivity contribution in [3.8, 4) is 0 Å². The number of thioether (sulfide) groups is 1. The fourth-order valence-corrected chi connectivity index (χ4v) is 3.80. The highest BCUT2D eigenvalue weighted by Gasteiger charge is 2.27. The number of rotatable bonds is 5. The predicted molar refractivity (Wildman–Crippen MR) is 80.7 cm³/mol. The van der Waals surface area contributed by atoms with E-state index in [9.17, 15) is 14.4 Å². The molecule has 116 valence electrons. The molecule has 0 atom stereocenters. The van der Waals surface area contributed by atoms with E-state index < -0.39 is 5.97 Å². The molecule has 0 radical (unpaired) electrons. The lowest BCUT2D eigenvalue weighted by atomic mass is 9.90. The number of carbonyl (C=O) groups is 3. The van der Waals surface area contributed by atoms with Crippen molar-refractivity contribution in [3.05, 3.63) is 11.8 Å². The first-order valence-electron chi connectivity index (χ1n) is 7.50. The van der Waals surface area contributed by atoms with Crippen molar-refractivity contribution in [3.63, 3.8) is 0 Å². The fourth-order valence-electron chi connectivity index (χ4n) is 2.85. The maximum atomic E-state index is 12.0. The van der Waals surface area contributed by atoms with Crippen molar-refractivity contribution < 1.29 is 19.5 Å². The molecule has 5 nitrogen and oxygen atoms in total. The Morgan fingerprint density at radius 1 is 1.24 bits per heavy atom. The van der Waals surface area contributed by atoms with Crippen molar-refractivity contribution in [1.29, 1.82) is 0 Å². The van der Waals surface area contributed by atoms with Gasteiger partial charge >= 0.3 is 5.97 Å². The third-order valence-corrected chi connectivity index (χ3v) is 5.03. The summed E-state index contributed by atoms with van der Waals surface area (Å²) in [5, 5.41) is 9.19. The molecule has 1 fully saturated rings. The molecule has 1 N–H and O–H groups in total. The Morgan fingerprint density at radius 2 is 1.95 bits per heavy atom. The van der Waals surface area contributed by atoms with E-state index in [1.807, 2.05) is 0 Å². The summed E-state index contributed by atoms with van der Waals surface area (Å²) in [6.07, 6.45) is 7.77. The number of nitrogens with zero attached hydrogens (tertiary/aromatic N) is 1. The van der Waals surface area contributed by atoms with Gasteiger partial charge in [0.1, 0.15) is 5.70 Å². The summed E-state index contributed by atoms with van der Waals surface area (Å²) in [6.45, 7) is 0.432. The zero-order valence-corrected chi connectivity index (χ0v) is 12.9. The van der Waals surface area contributed by atoms with Crippen LogP contribution in [0.5, 0.6) is 0 Å². The summed E-state index contributed by atoms with van der Waals surface area (Å²) in [6, 6.07) is 0. The first-order chi connectivity index (χ1) is 10.1. The van der Waals surface area contributed by atoms with Gasteiger partial charge in [0.15, 0.2) is 5.12 Å². The van der Waals surface area contributed by atoms with Gasteiger partial charge < -0.3 is 10.0 Å². The number of hydrogen-bond donors (Lipinski definition) is 1. The molecule has 1 saturated carbocycles. The van der Waals surface area contributed by atoms with Crippen molar-refractivity contribution in [2.75, 3.05) is 12.3 Å². The molecule has 1 heterocycles. The van der Waals surface area contributed by atoms with Crippen LogP contribution < -0.4 is 0 Å².